The average molecular weight is 193 g/mol. The number of hydrogen-bond donors (Lipinski definition) is 2. The molecule has 0 saturated carbocycles. The number of nitrogens with one attached hydrogen (secondary N) is 1. The highest BCUT2D eigenvalue weighted by molar-refractivity contribution is 5.35. The van der Waals surface area contributed by atoms with Gasteiger partial charge in [0.25, 0.3) is 0 Å². The smallest absolute Gasteiger partial charge is 0.122 e. The predicted molar refractivity (Wildman–Crippen MR) is 54.5 cm³/mol. The fraction of sp³-hybridized carbons (Fsp3) is 0.455. The van der Waals surface area contributed by atoms with Crippen molar-refractivity contribution in [2.45, 2.75) is 12.5 Å². The summed E-state index contributed by atoms with van der Waals surface area (Å²) in [6.45, 7) is 1.51. The van der Waals surface area contributed by atoms with Gasteiger partial charge in [-0.15, -0.1) is 0 Å². The van der Waals surface area contributed by atoms with E-state index in [1.54, 1.807) is 0 Å². The summed E-state index contributed by atoms with van der Waals surface area (Å²) >= 11 is 0. The van der Waals surface area contributed by atoms with E-state index in [1.807, 2.05) is 18.2 Å². The van der Waals surface area contributed by atoms with Crippen LogP contribution in [0.2, 0.25) is 0 Å². The molecule has 2 N–H and O–H groups in total. The molecule has 0 radical (unpaired) electrons. The Balaban J connectivity index is 1.99. The molecule has 0 unspecified atom stereocenters. The van der Waals surface area contributed by atoms with Crippen molar-refractivity contribution in [3.8, 4) is 5.75 Å². The minimum absolute atomic E-state index is 0.179. The largest absolute Gasteiger partial charge is 0.492 e. The molecule has 14 heavy (non-hydrogen) atoms. The van der Waals surface area contributed by atoms with Crippen molar-refractivity contribution in [2.75, 3.05) is 19.8 Å². The monoisotopic (exact) mass is 193 g/mol. The Hall–Kier alpha value is -1.06. The van der Waals surface area contributed by atoms with Crippen LogP contribution in [0.25, 0.3) is 0 Å². The molecule has 76 valence electrons. The lowest BCUT2D eigenvalue weighted by Crippen LogP contribution is -2.40. The molecule has 1 heterocycles. The first-order valence-electron chi connectivity index (χ1n) is 4.95. The van der Waals surface area contributed by atoms with Crippen molar-refractivity contribution in [2.24, 2.45) is 0 Å². The van der Waals surface area contributed by atoms with Crippen LogP contribution < -0.4 is 10.1 Å². The van der Waals surface area contributed by atoms with Gasteiger partial charge in [-0.05, 0) is 18.1 Å². The Labute approximate surface area is 83.7 Å². The Kier molecular flexibility index (Phi) is 3.01. The quantitative estimate of drug-likeness (QED) is 0.737. The molecule has 1 aromatic carbocycles. The highest BCUT2D eigenvalue weighted by Gasteiger charge is 2.18. The molecule has 1 aliphatic rings. The van der Waals surface area contributed by atoms with Crippen molar-refractivity contribution in [1.82, 2.24) is 5.32 Å². The van der Waals surface area contributed by atoms with Gasteiger partial charge in [0.15, 0.2) is 0 Å². The number of aliphatic hydroxyl groups excluding tert-OH is 1. The zero-order valence-corrected chi connectivity index (χ0v) is 8.07. The van der Waals surface area contributed by atoms with Gasteiger partial charge in [0.1, 0.15) is 12.4 Å². The molecule has 0 spiro atoms. The number of aliphatic hydroxyl groups is 1. The van der Waals surface area contributed by atoms with E-state index >= 15 is 0 Å². The van der Waals surface area contributed by atoms with Gasteiger partial charge in [-0.1, -0.05) is 18.2 Å². The van der Waals surface area contributed by atoms with Crippen molar-refractivity contribution in [1.29, 1.82) is 0 Å². The fourth-order valence-electron chi connectivity index (χ4n) is 1.73. The molecule has 3 heteroatoms. The second kappa shape index (κ2) is 4.44. The van der Waals surface area contributed by atoms with Crippen LogP contribution in [0.15, 0.2) is 24.3 Å². The third-order valence-corrected chi connectivity index (χ3v) is 2.42. The van der Waals surface area contributed by atoms with E-state index in [-0.39, 0.29) is 6.61 Å². The lowest BCUT2D eigenvalue weighted by Gasteiger charge is -2.25. The lowest BCUT2D eigenvalue weighted by molar-refractivity contribution is 0.222. The summed E-state index contributed by atoms with van der Waals surface area (Å²) in [7, 11) is 0. The number of rotatable bonds is 3. The van der Waals surface area contributed by atoms with Crippen LogP contribution in [-0.2, 0) is 6.42 Å². The first-order chi connectivity index (χ1) is 6.90. The molecule has 0 saturated heterocycles. The summed E-state index contributed by atoms with van der Waals surface area (Å²) in [6, 6.07) is 8.42. The first-order valence-corrected chi connectivity index (χ1v) is 4.95. The topological polar surface area (TPSA) is 41.5 Å². The number of para-hydroxylation sites is 1. The summed E-state index contributed by atoms with van der Waals surface area (Å²) in [5.41, 5.74) is 1.24. The zero-order valence-electron chi connectivity index (χ0n) is 8.07. The lowest BCUT2D eigenvalue weighted by atomic mass is 10.0. The third-order valence-electron chi connectivity index (χ3n) is 2.42. The standard InChI is InChI=1S/C11H15NO2/c13-6-5-12-10-7-9-3-1-2-4-11(9)14-8-10/h1-4,10,12-13H,5-8H2/t10-/m1/s1. The van der Waals surface area contributed by atoms with Crippen LogP contribution in [0.5, 0.6) is 5.75 Å². The van der Waals surface area contributed by atoms with E-state index in [4.69, 9.17) is 9.84 Å². The molecule has 0 bridgehead atoms. The van der Waals surface area contributed by atoms with E-state index in [2.05, 4.69) is 11.4 Å². The van der Waals surface area contributed by atoms with Gasteiger partial charge in [-0.25, -0.2) is 0 Å². The summed E-state index contributed by atoms with van der Waals surface area (Å²) in [5.74, 6) is 0.995. The highest BCUT2D eigenvalue weighted by Crippen LogP contribution is 2.23. The Morgan fingerprint density at radius 2 is 2.29 bits per heavy atom. The molecule has 1 aromatic rings. The number of benzene rings is 1. The molecule has 0 aromatic heterocycles. The number of fused-ring (bicyclic) bond motifs is 1. The number of hydrogen-bond acceptors (Lipinski definition) is 3. The molecular weight excluding hydrogens is 178 g/mol. The van der Waals surface area contributed by atoms with Crippen LogP contribution in [0.3, 0.4) is 0 Å². The van der Waals surface area contributed by atoms with Gasteiger partial charge in [0.2, 0.25) is 0 Å². The van der Waals surface area contributed by atoms with Crippen LogP contribution in [-0.4, -0.2) is 30.9 Å². The number of ether oxygens (including phenoxy) is 1. The van der Waals surface area contributed by atoms with Crippen molar-refractivity contribution in [3.05, 3.63) is 29.8 Å². The normalized spacial score (nSPS) is 19.9. The van der Waals surface area contributed by atoms with E-state index in [1.165, 1.54) is 5.56 Å². The third kappa shape index (κ3) is 2.05. The van der Waals surface area contributed by atoms with Gasteiger partial charge in [-0.3, -0.25) is 0 Å². The van der Waals surface area contributed by atoms with Crippen LogP contribution in [0, 0.1) is 0 Å². The fourth-order valence-corrected chi connectivity index (χ4v) is 1.73. The SMILES string of the molecule is OCCN[C@H]1COc2ccccc2C1. The van der Waals surface area contributed by atoms with E-state index in [0.29, 0.717) is 19.2 Å². The molecule has 0 fully saturated rings. The van der Waals surface area contributed by atoms with Crippen molar-refractivity contribution >= 4 is 0 Å². The van der Waals surface area contributed by atoms with Crippen molar-refractivity contribution < 1.29 is 9.84 Å². The Morgan fingerprint density at radius 3 is 3.14 bits per heavy atom. The molecule has 0 aliphatic carbocycles. The zero-order chi connectivity index (χ0) is 9.80. The summed E-state index contributed by atoms with van der Waals surface area (Å²) < 4.78 is 5.59. The minimum Gasteiger partial charge on any atom is -0.492 e. The molecule has 1 atom stereocenters. The van der Waals surface area contributed by atoms with Gasteiger partial charge in [0.05, 0.1) is 6.61 Å². The molecule has 1 aliphatic heterocycles. The summed E-state index contributed by atoms with van der Waals surface area (Å²) in [4.78, 5) is 0. The van der Waals surface area contributed by atoms with Crippen LogP contribution in [0.4, 0.5) is 0 Å². The second-order valence-electron chi connectivity index (χ2n) is 3.50. The maximum absolute atomic E-state index is 8.69. The van der Waals surface area contributed by atoms with Crippen LogP contribution >= 0.6 is 0 Å². The van der Waals surface area contributed by atoms with E-state index < -0.39 is 0 Å². The summed E-state index contributed by atoms with van der Waals surface area (Å²) in [6.07, 6.45) is 0.982. The van der Waals surface area contributed by atoms with Gasteiger partial charge < -0.3 is 15.2 Å². The van der Waals surface area contributed by atoms with Crippen molar-refractivity contribution in [3.63, 3.8) is 0 Å². The Bertz CT molecular complexity index is 301. The second-order valence-corrected chi connectivity index (χ2v) is 3.50. The maximum atomic E-state index is 8.69. The Morgan fingerprint density at radius 1 is 1.43 bits per heavy atom. The van der Waals surface area contributed by atoms with E-state index in [0.717, 1.165) is 12.2 Å². The van der Waals surface area contributed by atoms with E-state index in [9.17, 15) is 0 Å². The molecule has 0 amide bonds. The summed E-state index contributed by atoms with van der Waals surface area (Å²) in [5, 5.41) is 11.9. The molecule has 2 rings (SSSR count). The van der Waals surface area contributed by atoms with Crippen LogP contribution in [0.1, 0.15) is 5.56 Å². The van der Waals surface area contributed by atoms with Gasteiger partial charge >= 0.3 is 0 Å². The van der Waals surface area contributed by atoms with Gasteiger partial charge in [-0.2, -0.15) is 0 Å². The average Bonchev–Trinajstić information content (AvgIpc) is 2.26. The molecular formula is C11H15NO2. The molecule has 3 nitrogen and oxygen atoms in total. The minimum atomic E-state index is 0.179. The highest BCUT2D eigenvalue weighted by atomic mass is 16.5. The first kappa shape index (κ1) is 9.49. The van der Waals surface area contributed by atoms with Gasteiger partial charge in [0, 0.05) is 12.6 Å². The maximum Gasteiger partial charge on any atom is 0.122 e. The predicted octanol–water partition coefficient (Wildman–Crippen LogP) is 0.572.